The highest BCUT2D eigenvalue weighted by Crippen LogP contribution is 2.27. The van der Waals surface area contributed by atoms with Gasteiger partial charge < -0.3 is 9.76 Å². The van der Waals surface area contributed by atoms with Crippen LogP contribution < -0.4 is 0 Å². The molecule has 0 spiro atoms. The highest BCUT2D eigenvalue weighted by atomic mass is 32.3. The summed E-state index contributed by atoms with van der Waals surface area (Å²) in [5.41, 5.74) is 0.342. The average molecular weight is 223 g/mol. The second-order valence-corrected chi connectivity index (χ2v) is 6.51. The first-order chi connectivity index (χ1) is 5.84. The van der Waals surface area contributed by atoms with Crippen LogP contribution >= 0.6 is 11.8 Å². The van der Waals surface area contributed by atoms with Crippen molar-refractivity contribution in [3.63, 3.8) is 0 Å². The van der Waals surface area contributed by atoms with Crippen LogP contribution in [0.25, 0.3) is 0 Å². The number of hydrogen-bond acceptors (Lipinski definition) is 4. The lowest BCUT2D eigenvalue weighted by atomic mass is 9.91. The quantitative estimate of drug-likeness (QED) is 0.344. The molecule has 13 heavy (non-hydrogen) atoms. The molecular formula is C8H17NO2S2. The molecule has 0 aromatic carbocycles. The summed E-state index contributed by atoms with van der Waals surface area (Å²) in [6.45, 7) is 5.83. The summed E-state index contributed by atoms with van der Waals surface area (Å²) in [5.74, 6) is 0. The van der Waals surface area contributed by atoms with E-state index in [4.69, 9.17) is 5.21 Å². The zero-order valence-electron chi connectivity index (χ0n) is 8.70. The number of rotatable bonds is 3. The van der Waals surface area contributed by atoms with Crippen molar-refractivity contribution in [3.05, 3.63) is 0 Å². The zero-order chi connectivity index (χ0) is 10.6. The van der Waals surface area contributed by atoms with Gasteiger partial charge in [-0.25, -0.2) is 0 Å². The molecule has 0 rings (SSSR count). The Kier molecular flexibility index (Phi) is 5.17. The third-order valence-corrected chi connectivity index (χ3v) is 4.48. The first kappa shape index (κ1) is 13.1. The van der Waals surface area contributed by atoms with Gasteiger partial charge in [-0.2, -0.15) is 0 Å². The van der Waals surface area contributed by atoms with Crippen LogP contribution in [0.15, 0.2) is 5.16 Å². The van der Waals surface area contributed by atoms with Gasteiger partial charge in [0.2, 0.25) is 4.58 Å². The maximum atomic E-state index is 11.3. The monoisotopic (exact) mass is 223 g/mol. The van der Waals surface area contributed by atoms with E-state index in [-0.39, 0.29) is 10.00 Å². The van der Waals surface area contributed by atoms with Crippen LogP contribution in [0.1, 0.15) is 20.8 Å². The van der Waals surface area contributed by atoms with E-state index in [1.165, 1.54) is 11.8 Å². The molecule has 0 aliphatic heterocycles. The second kappa shape index (κ2) is 5.12. The van der Waals surface area contributed by atoms with E-state index in [1.807, 2.05) is 27.0 Å². The third-order valence-electron chi connectivity index (χ3n) is 1.61. The molecule has 0 radical (unpaired) electrons. The summed E-state index contributed by atoms with van der Waals surface area (Å²) in [6, 6.07) is 0. The van der Waals surface area contributed by atoms with E-state index >= 15 is 0 Å². The number of oxime groups is 1. The molecule has 0 aromatic rings. The van der Waals surface area contributed by atoms with Crippen LogP contribution in [0.5, 0.6) is 0 Å². The predicted octanol–water partition coefficient (Wildman–Crippen LogP) is 1.93. The van der Waals surface area contributed by atoms with Gasteiger partial charge in [-0.3, -0.25) is 0 Å². The van der Waals surface area contributed by atoms with Crippen molar-refractivity contribution >= 4 is 28.6 Å². The third kappa shape index (κ3) is 3.79. The molecule has 0 saturated heterocycles. The lowest BCUT2D eigenvalue weighted by Crippen LogP contribution is -2.35. The Bertz CT molecular complexity index is 187. The molecule has 2 unspecified atom stereocenters. The Hall–Kier alpha value is 0.130. The lowest BCUT2D eigenvalue weighted by molar-refractivity contribution is 0.310. The fraction of sp³-hybridized carbons (Fsp3) is 0.875. The molecule has 0 heterocycles. The molecule has 0 amide bonds. The zero-order valence-corrected chi connectivity index (χ0v) is 10.3. The molecular weight excluding hydrogens is 206 g/mol. The Labute approximate surface area is 87.2 Å². The van der Waals surface area contributed by atoms with Crippen LogP contribution in [0.3, 0.4) is 0 Å². The van der Waals surface area contributed by atoms with E-state index in [1.54, 1.807) is 6.26 Å². The number of nitrogens with zero attached hydrogens (tertiary/aromatic N) is 1. The summed E-state index contributed by atoms with van der Waals surface area (Å²) in [5, 5.41) is 12.1. The second-order valence-electron chi connectivity index (χ2n) is 3.80. The van der Waals surface area contributed by atoms with E-state index < -0.39 is 11.2 Å². The van der Waals surface area contributed by atoms with Crippen molar-refractivity contribution in [2.45, 2.75) is 25.4 Å². The van der Waals surface area contributed by atoms with Crippen molar-refractivity contribution in [2.75, 3.05) is 12.5 Å². The van der Waals surface area contributed by atoms with Gasteiger partial charge >= 0.3 is 0 Å². The van der Waals surface area contributed by atoms with Crippen LogP contribution in [-0.4, -0.2) is 32.6 Å². The smallest absolute Gasteiger partial charge is 0.202 e. The SMILES string of the molecule is CSC(/C(=N/O)C(C)(C)C)[S+](C)[O-]. The Morgan fingerprint density at radius 1 is 1.54 bits per heavy atom. The molecule has 0 aliphatic carbocycles. The predicted molar refractivity (Wildman–Crippen MR) is 60.0 cm³/mol. The van der Waals surface area contributed by atoms with Crippen molar-refractivity contribution in [2.24, 2.45) is 10.6 Å². The summed E-state index contributed by atoms with van der Waals surface area (Å²) in [7, 11) is 0. The van der Waals surface area contributed by atoms with E-state index in [2.05, 4.69) is 5.16 Å². The minimum absolute atomic E-state index is 0.218. The average Bonchev–Trinajstić information content (AvgIpc) is 1.96. The summed E-state index contributed by atoms with van der Waals surface area (Å²) >= 11 is 0.439. The van der Waals surface area contributed by atoms with Gasteiger partial charge in [-0.1, -0.05) is 25.9 Å². The van der Waals surface area contributed by atoms with Crippen molar-refractivity contribution in [1.82, 2.24) is 0 Å². The Morgan fingerprint density at radius 3 is 2.08 bits per heavy atom. The lowest BCUT2D eigenvalue weighted by Gasteiger charge is -2.26. The van der Waals surface area contributed by atoms with E-state index in [0.717, 1.165) is 0 Å². The van der Waals surface area contributed by atoms with Crippen LogP contribution in [0.4, 0.5) is 0 Å². The molecule has 3 nitrogen and oxygen atoms in total. The summed E-state index contributed by atoms with van der Waals surface area (Å²) in [6.07, 6.45) is 3.49. The summed E-state index contributed by atoms with van der Waals surface area (Å²) < 4.78 is 11.1. The minimum Gasteiger partial charge on any atom is -0.615 e. The van der Waals surface area contributed by atoms with Gasteiger partial charge in [0.1, 0.15) is 5.71 Å². The molecule has 78 valence electrons. The molecule has 0 bridgehead atoms. The van der Waals surface area contributed by atoms with Crippen LogP contribution in [0, 0.1) is 5.41 Å². The van der Waals surface area contributed by atoms with Gasteiger partial charge in [-0.15, -0.1) is 11.8 Å². The largest absolute Gasteiger partial charge is 0.615 e. The first-order valence-electron chi connectivity index (χ1n) is 3.92. The molecule has 0 aliphatic rings. The molecule has 0 aromatic heterocycles. The summed E-state index contributed by atoms with van der Waals surface area (Å²) in [4.78, 5) is 0. The topological polar surface area (TPSA) is 55.7 Å². The van der Waals surface area contributed by atoms with Crippen molar-refractivity contribution in [1.29, 1.82) is 0 Å². The van der Waals surface area contributed by atoms with Gasteiger partial charge in [0.15, 0.2) is 0 Å². The van der Waals surface area contributed by atoms with Crippen LogP contribution in [0.2, 0.25) is 0 Å². The van der Waals surface area contributed by atoms with Gasteiger partial charge in [0.25, 0.3) is 0 Å². The van der Waals surface area contributed by atoms with Crippen molar-refractivity contribution < 1.29 is 9.76 Å². The fourth-order valence-corrected chi connectivity index (χ4v) is 3.38. The molecule has 1 N–H and O–H groups in total. The van der Waals surface area contributed by atoms with E-state index in [9.17, 15) is 4.55 Å². The fourth-order valence-electron chi connectivity index (χ4n) is 0.955. The van der Waals surface area contributed by atoms with Crippen LogP contribution in [-0.2, 0) is 11.2 Å². The first-order valence-corrected chi connectivity index (χ1v) is 6.83. The van der Waals surface area contributed by atoms with Gasteiger partial charge in [-0.05, 0) is 17.4 Å². The van der Waals surface area contributed by atoms with Crippen molar-refractivity contribution in [3.8, 4) is 0 Å². The minimum atomic E-state index is -1.01. The Balaban J connectivity index is 4.77. The highest BCUT2D eigenvalue weighted by molar-refractivity contribution is 8.13. The molecule has 0 fully saturated rings. The molecule has 2 atom stereocenters. The maximum absolute atomic E-state index is 11.3. The molecule has 5 heteroatoms. The van der Waals surface area contributed by atoms with Gasteiger partial charge in [0.05, 0.1) is 6.26 Å². The normalized spacial score (nSPS) is 18.5. The number of hydrogen-bond donors (Lipinski definition) is 1. The highest BCUT2D eigenvalue weighted by Gasteiger charge is 2.33. The number of thioether (sulfide) groups is 1. The Morgan fingerprint density at radius 2 is 2.00 bits per heavy atom. The maximum Gasteiger partial charge on any atom is 0.202 e. The molecule has 0 saturated carbocycles. The van der Waals surface area contributed by atoms with E-state index in [0.29, 0.717) is 5.71 Å². The standard InChI is InChI=1S/C8H17NO2S2/c1-8(2,3)6(9-10)7(12-4)13(5)11/h7,10H,1-5H3/b9-6-. The van der Waals surface area contributed by atoms with Gasteiger partial charge in [0, 0.05) is 5.41 Å².